The summed E-state index contributed by atoms with van der Waals surface area (Å²) < 4.78 is 17.8. The first-order valence-electron chi connectivity index (χ1n) is 7.62. The van der Waals surface area contributed by atoms with Crippen molar-refractivity contribution >= 4 is 5.78 Å². The van der Waals surface area contributed by atoms with E-state index < -0.39 is 17.2 Å². The van der Waals surface area contributed by atoms with Crippen LogP contribution in [0, 0.1) is 0 Å². The van der Waals surface area contributed by atoms with Crippen LogP contribution in [0.15, 0.2) is 54.6 Å². The van der Waals surface area contributed by atoms with Gasteiger partial charge in [0, 0.05) is 19.6 Å². The molecular formula is C19H18O4. The number of rotatable bonds is 2. The van der Waals surface area contributed by atoms with Gasteiger partial charge in [-0.2, -0.15) is 0 Å². The molecular weight excluding hydrogens is 292 g/mol. The first kappa shape index (κ1) is 14.6. The van der Waals surface area contributed by atoms with E-state index in [9.17, 15) is 4.79 Å². The average Bonchev–Trinajstić information content (AvgIpc) is 2.94. The highest BCUT2D eigenvalue weighted by molar-refractivity contribution is 6.09. The first-order valence-corrected chi connectivity index (χ1v) is 7.62. The number of methoxy groups -OCH3 is 1. The van der Waals surface area contributed by atoms with E-state index in [0.717, 1.165) is 11.1 Å². The van der Waals surface area contributed by atoms with Crippen molar-refractivity contribution in [2.24, 2.45) is 0 Å². The van der Waals surface area contributed by atoms with Crippen molar-refractivity contribution in [1.82, 2.24) is 0 Å². The van der Waals surface area contributed by atoms with Crippen LogP contribution in [0.5, 0.6) is 0 Å². The molecule has 0 amide bonds. The molecule has 3 unspecified atom stereocenters. The second kappa shape index (κ2) is 4.51. The van der Waals surface area contributed by atoms with Gasteiger partial charge in [-0.3, -0.25) is 4.79 Å². The highest BCUT2D eigenvalue weighted by atomic mass is 16.9. The molecule has 0 radical (unpaired) electrons. The number of carbonyl (C=O) groups is 1. The molecule has 1 aliphatic heterocycles. The van der Waals surface area contributed by atoms with Crippen molar-refractivity contribution in [3.05, 3.63) is 71.3 Å². The molecule has 1 aliphatic carbocycles. The maximum Gasteiger partial charge on any atom is 0.282 e. The Balaban J connectivity index is 2.03. The van der Waals surface area contributed by atoms with Crippen LogP contribution in [0.3, 0.4) is 0 Å². The Morgan fingerprint density at radius 3 is 2.26 bits per heavy atom. The summed E-state index contributed by atoms with van der Waals surface area (Å²) in [5.74, 6) is -1.38. The van der Waals surface area contributed by atoms with Crippen molar-refractivity contribution in [2.45, 2.75) is 31.0 Å². The minimum Gasteiger partial charge on any atom is -0.331 e. The van der Waals surface area contributed by atoms with Gasteiger partial charge in [0.05, 0.1) is 0 Å². The summed E-state index contributed by atoms with van der Waals surface area (Å²) in [6.45, 7) is 3.59. The number of hydrogen-bond donors (Lipinski definition) is 0. The Morgan fingerprint density at radius 2 is 1.57 bits per heavy atom. The smallest absolute Gasteiger partial charge is 0.282 e. The van der Waals surface area contributed by atoms with Crippen LogP contribution in [-0.2, 0) is 25.4 Å². The van der Waals surface area contributed by atoms with Crippen molar-refractivity contribution < 1.29 is 19.0 Å². The minimum absolute atomic E-state index is 0.0948. The van der Waals surface area contributed by atoms with Crippen LogP contribution in [0.4, 0.5) is 0 Å². The molecule has 4 rings (SSSR count). The van der Waals surface area contributed by atoms with E-state index in [0.29, 0.717) is 5.56 Å². The molecule has 1 saturated heterocycles. The predicted molar refractivity (Wildman–Crippen MR) is 83.8 cm³/mol. The number of ether oxygens (including phenoxy) is 3. The molecule has 4 nitrogen and oxygen atoms in total. The Kier molecular flexibility index (Phi) is 2.86. The van der Waals surface area contributed by atoms with E-state index in [1.54, 1.807) is 6.92 Å². The zero-order valence-electron chi connectivity index (χ0n) is 13.3. The van der Waals surface area contributed by atoms with Gasteiger partial charge in [-0.15, -0.1) is 0 Å². The number of fused-ring (bicyclic) bond motifs is 3. The van der Waals surface area contributed by atoms with E-state index in [1.807, 2.05) is 61.5 Å². The third-order valence-electron chi connectivity index (χ3n) is 4.96. The van der Waals surface area contributed by atoms with Crippen LogP contribution in [-0.4, -0.2) is 18.9 Å². The third-order valence-corrected chi connectivity index (χ3v) is 4.96. The lowest BCUT2D eigenvalue weighted by atomic mass is 9.79. The highest BCUT2D eigenvalue weighted by Crippen LogP contribution is 2.61. The lowest BCUT2D eigenvalue weighted by Crippen LogP contribution is -2.45. The number of benzene rings is 2. The first-order chi connectivity index (χ1) is 11.0. The third kappa shape index (κ3) is 1.63. The molecule has 2 aliphatic rings. The second-order valence-electron chi connectivity index (χ2n) is 6.23. The average molecular weight is 310 g/mol. The van der Waals surface area contributed by atoms with Gasteiger partial charge in [0.2, 0.25) is 5.78 Å². The van der Waals surface area contributed by atoms with E-state index in [1.165, 1.54) is 7.11 Å². The van der Waals surface area contributed by atoms with Gasteiger partial charge in [0.1, 0.15) is 5.60 Å². The molecule has 2 aromatic rings. The largest absolute Gasteiger partial charge is 0.331 e. The maximum absolute atomic E-state index is 13.3. The fourth-order valence-electron chi connectivity index (χ4n) is 3.85. The zero-order valence-corrected chi connectivity index (χ0v) is 13.3. The van der Waals surface area contributed by atoms with Crippen molar-refractivity contribution in [2.75, 3.05) is 7.11 Å². The van der Waals surface area contributed by atoms with E-state index in [-0.39, 0.29) is 5.78 Å². The SMILES string of the molecule is COC1(C)OC2(C)c3ccccc3C(=O)C2(c2ccccc2)O1. The molecule has 0 spiro atoms. The van der Waals surface area contributed by atoms with Crippen molar-refractivity contribution in [3.63, 3.8) is 0 Å². The van der Waals surface area contributed by atoms with Gasteiger partial charge < -0.3 is 14.2 Å². The van der Waals surface area contributed by atoms with Crippen LogP contribution in [0.1, 0.15) is 35.3 Å². The second-order valence-corrected chi connectivity index (χ2v) is 6.23. The van der Waals surface area contributed by atoms with Crippen molar-refractivity contribution in [1.29, 1.82) is 0 Å². The molecule has 1 heterocycles. The molecule has 0 saturated carbocycles. The Labute approximate surface area is 135 Å². The van der Waals surface area contributed by atoms with Gasteiger partial charge in [0.25, 0.3) is 5.97 Å². The standard InChI is InChI=1S/C19H18O4/c1-17-15-12-8-7-11-14(15)16(20)19(17,13-9-5-4-6-10-13)23-18(2,21-3)22-17/h4-12H,1-3H3. The molecule has 118 valence electrons. The molecule has 0 N–H and O–H groups in total. The molecule has 1 fully saturated rings. The topological polar surface area (TPSA) is 44.8 Å². The minimum atomic E-state index is -1.28. The number of hydrogen-bond acceptors (Lipinski definition) is 4. The van der Waals surface area contributed by atoms with Crippen LogP contribution >= 0.6 is 0 Å². The Morgan fingerprint density at radius 1 is 0.913 bits per heavy atom. The number of Topliss-reactive ketones (excluding diaryl/α,β-unsaturated/α-hetero) is 1. The summed E-state index contributed by atoms with van der Waals surface area (Å²) in [7, 11) is 1.51. The normalized spacial score (nSPS) is 35.2. The molecule has 0 bridgehead atoms. The van der Waals surface area contributed by atoms with Gasteiger partial charge in [-0.25, -0.2) is 0 Å². The summed E-state index contributed by atoms with van der Waals surface area (Å²) in [4.78, 5) is 13.3. The van der Waals surface area contributed by atoms with Gasteiger partial charge in [0.15, 0.2) is 5.60 Å². The number of carbonyl (C=O) groups excluding carboxylic acids is 1. The van der Waals surface area contributed by atoms with E-state index >= 15 is 0 Å². The lowest BCUT2D eigenvalue weighted by Gasteiger charge is -2.33. The molecule has 3 atom stereocenters. The van der Waals surface area contributed by atoms with Crippen molar-refractivity contribution in [3.8, 4) is 0 Å². The molecule has 2 aromatic carbocycles. The summed E-state index contributed by atoms with van der Waals surface area (Å²) in [5.41, 5.74) is 0.0336. The highest BCUT2D eigenvalue weighted by Gasteiger charge is 2.72. The fraction of sp³-hybridized carbons (Fsp3) is 0.316. The van der Waals surface area contributed by atoms with Crippen LogP contribution < -0.4 is 0 Å². The predicted octanol–water partition coefficient (Wildman–Crippen LogP) is 3.36. The summed E-state index contributed by atoms with van der Waals surface area (Å²) >= 11 is 0. The molecule has 4 heteroatoms. The van der Waals surface area contributed by atoms with Crippen LogP contribution in [0.25, 0.3) is 0 Å². The van der Waals surface area contributed by atoms with Gasteiger partial charge >= 0.3 is 0 Å². The van der Waals surface area contributed by atoms with E-state index in [4.69, 9.17) is 14.2 Å². The lowest BCUT2D eigenvalue weighted by molar-refractivity contribution is -0.330. The summed E-state index contributed by atoms with van der Waals surface area (Å²) in [6.07, 6.45) is 0. The Hall–Kier alpha value is -2.01. The van der Waals surface area contributed by atoms with Crippen LogP contribution in [0.2, 0.25) is 0 Å². The maximum atomic E-state index is 13.3. The quantitative estimate of drug-likeness (QED) is 0.853. The van der Waals surface area contributed by atoms with Gasteiger partial charge in [-0.05, 0) is 18.1 Å². The summed E-state index contributed by atoms with van der Waals surface area (Å²) in [6, 6.07) is 17.0. The molecule has 0 aromatic heterocycles. The molecule has 23 heavy (non-hydrogen) atoms. The number of ketones is 1. The monoisotopic (exact) mass is 310 g/mol. The summed E-state index contributed by atoms with van der Waals surface area (Å²) in [5, 5.41) is 0. The van der Waals surface area contributed by atoms with Gasteiger partial charge in [-0.1, -0.05) is 54.6 Å². The fourth-order valence-corrected chi connectivity index (χ4v) is 3.85. The Bertz CT molecular complexity index is 787. The zero-order chi connectivity index (χ0) is 16.3. The van der Waals surface area contributed by atoms with E-state index in [2.05, 4.69) is 0 Å².